The zero-order valence-electron chi connectivity index (χ0n) is 15.0. The van der Waals surface area contributed by atoms with E-state index in [0.29, 0.717) is 18.9 Å². The molecule has 4 rings (SSSR count). The topological polar surface area (TPSA) is 65.6 Å². The molecule has 0 radical (unpaired) electrons. The molecule has 0 spiro atoms. The normalized spacial score (nSPS) is 16.3. The molecular weight excluding hydrogens is 328 g/mol. The highest BCUT2D eigenvalue weighted by molar-refractivity contribution is 6.07. The quantitative estimate of drug-likeness (QED) is 0.701. The average molecular weight is 352 g/mol. The van der Waals surface area contributed by atoms with Crippen LogP contribution in [-0.4, -0.2) is 40.7 Å². The second kappa shape index (κ2) is 7.00. The van der Waals surface area contributed by atoms with Gasteiger partial charge in [-0.05, 0) is 45.0 Å². The molecule has 2 aromatic carbocycles. The molecule has 26 heavy (non-hydrogen) atoms. The molecule has 5 heteroatoms. The molecule has 3 aromatic rings. The van der Waals surface area contributed by atoms with Crippen LogP contribution >= 0.6 is 0 Å². The molecule has 136 valence electrons. The van der Waals surface area contributed by atoms with Gasteiger partial charge in [-0.15, -0.1) is 0 Å². The summed E-state index contributed by atoms with van der Waals surface area (Å²) >= 11 is 0. The zero-order valence-corrected chi connectivity index (χ0v) is 15.0. The number of likely N-dealkylation sites (tertiary alicyclic amines) is 1. The number of aromatic amines is 1. The number of carbonyl (C=O) groups is 1. The van der Waals surface area contributed by atoms with Gasteiger partial charge < -0.3 is 14.8 Å². The molecule has 1 saturated heterocycles. The minimum atomic E-state index is -0.0739. The van der Waals surface area contributed by atoms with Gasteiger partial charge in [0.25, 0.3) is 0 Å². The number of rotatable bonds is 4. The molecule has 5 nitrogen and oxygen atoms in total. The van der Waals surface area contributed by atoms with Gasteiger partial charge in [0, 0.05) is 34.5 Å². The number of fused-ring (bicyclic) bond motifs is 3. The SMILES string of the molecule is CCOC(=O)C1CCN(Cc2cc3c(cc2O)[nH]c2ccccc23)CC1. The second-order valence-electron chi connectivity index (χ2n) is 7.00. The standard InChI is InChI=1S/C21H24N2O3/c1-2-26-21(25)14-7-9-23(10-8-14)13-15-11-17-16-5-3-4-6-18(16)22-19(17)12-20(15)24/h3-6,11-12,14,22,24H,2,7-10,13H2,1H3. The molecule has 0 unspecified atom stereocenters. The van der Waals surface area contributed by atoms with Gasteiger partial charge in [-0.3, -0.25) is 9.69 Å². The minimum absolute atomic E-state index is 0.0101. The minimum Gasteiger partial charge on any atom is -0.508 e. The van der Waals surface area contributed by atoms with Crippen LogP contribution < -0.4 is 0 Å². The lowest BCUT2D eigenvalue weighted by molar-refractivity contribution is -0.149. The Kier molecular flexibility index (Phi) is 4.55. The molecule has 1 aromatic heterocycles. The van der Waals surface area contributed by atoms with Crippen molar-refractivity contribution < 1.29 is 14.6 Å². The van der Waals surface area contributed by atoms with Crippen molar-refractivity contribution in [2.24, 2.45) is 5.92 Å². The fraction of sp³-hybridized carbons (Fsp3) is 0.381. The summed E-state index contributed by atoms with van der Waals surface area (Å²) in [6.07, 6.45) is 1.63. The lowest BCUT2D eigenvalue weighted by Crippen LogP contribution is -2.36. The van der Waals surface area contributed by atoms with Crippen molar-refractivity contribution in [1.29, 1.82) is 0 Å². The van der Waals surface area contributed by atoms with Gasteiger partial charge >= 0.3 is 5.97 Å². The van der Waals surface area contributed by atoms with E-state index in [1.165, 1.54) is 5.39 Å². The van der Waals surface area contributed by atoms with Gasteiger partial charge in [0.1, 0.15) is 5.75 Å². The Hall–Kier alpha value is -2.53. The van der Waals surface area contributed by atoms with Gasteiger partial charge in [0.05, 0.1) is 18.0 Å². The highest BCUT2D eigenvalue weighted by atomic mass is 16.5. The van der Waals surface area contributed by atoms with E-state index in [4.69, 9.17) is 4.74 Å². The van der Waals surface area contributed by atoms with Crippen LogP contribution in [0.2, 0.25) is 0 Å². The molecule has 0 aliphatic carbocycles. The summed E-state index contributed by atoms with van der Waals surface area (Å²) in [4.78, 5) is 17.5. The van der Waals surface area contributed by atoms with Gasteiger partial charge in [0.15, 0.2) is 0 Å². The Bertz CT molecular complexity index is 939. The van der Waals surface area contributed by atoms with E-state index in [2.05, 4.69) is 22.0 Å². The Balaban J connectivity index is 1.52. The van der Waals surface area contributed by atoms with Crippen molar-refractivity contribution in [2.45, 2.75) is 26.3 Å². The number of piperidine rings is 1. The first kappa shape index (κ1) is 16.9. The number of para-hydroxylation sites is 1. The number of ether oxygens (including phenoxy) is 1. The molecule has 0 bridgehead atoms. The van der Waals surface area contributed by atoms with Crippen LogP contribution in [0.25, 0.3) is 21.8 Å². The summed E-state index contributed by atoms with van der Waals surface area (Å²) in [6.45, 7) is 4.66. The highest BCUT2D eigenvalue weighted by Gasteiger charge is 2.26. The first-order valence-corrected chi connectivity index (χ1v) is 9.27. The van der Waals surface area contributed by atoms with Crippen LogP contribution in [-0.2, 0) is 16.1 Å². The van der Waals surface area contributed by atoms with Crippen LogP contribution in [0.15, 0.2) is 36.4 Å². The Morgan fingerprint density at radius 1 is 1.19 bits per heavy atom. The maximum atomic E-state index is 11.9. The molecule has 0 atom stereocenters. The predicted molar refractivity (Wildman–Crippen MR) is 102 cm³/mol. The van der Waals surface area contributed by atoms with Crippen LogP contribution in [0.1, 0.15) is 25.3 Å². The first-order chi connectivity index (χ1) is 12.7. The van der Waals surface area contributed by atoms with E-state index in [0.717, 1.165) is 47.9 Å². The van der Waals surface area contributed by atoms with Gasteiger partial charge in [0.2, 0.25) is 0 Å². The van der Waals surface area contributed by atoms with E-state index in [1.807, 2.05) is 31.2 Å². The Morgan fingerprint density at radius 2 is 1.96 bits per heavy atom. The fourth-order valence-electron chi connectivity index (χ4n) is 3.89. The van der Waals surface area contributed by atoms with Gasteiger partial charge in [-0.25, -0.2) is 0 Å². The lowest BCUT2D eigenvalue weighted by atomic mass is 9.96. The number of nitrogens with one attached hydrogen (secondary N) is 1. The summed E-state index contributed by atoms with van der Waals surface area (Å²) in [5.74, 6) is 0.252. The number of phenolic OH excluding ortho intramolecular Hbond substituents is 1. The maximum absolute atomic E-state index is 11.9. The number of hydrogen-bond donors (Lipinski definition) is 2. The average Bonchev–Trinajstić information content (AvgIpc) is 3.00. The third kappa shape index (κ3) is 3.15. The largest absolute Gasteiger partial charge is 0.508 e. The van der Waals surface area contributed by atoms with Crippen LogP contribution in [0, 0.1) is 5.92 Å². The molecule has 2 heterocycles. The highest BCUT2D eigenvalue weighted by Crippen LogP contribution is 2.32. The van der Waals surface area contributed by atoms with E-state index in [9.17, 15) is 9.90 Å². The third-order valence-corrected chi connectivity index (χ3v) is 5.31. The fourth-order valence-corrected chi connectivity index (χ4v) is 3.89. The predicted octanol–water partition coefficient (Wildman–Crippen LogP) is 3.80. The molecule has 2 N–H and O–H groups in total. The lowest BCUT2D eigenvalue weighted by Gasteiger charge is -2.30. The molecule has 1 fully saturated rings. The summed E-state index contributed by atoms with van der Waals surface area (Å²) in [7, 11) is 0. The van der Waals surface area contributed by atoms with Crippen molar-refractivity contribution in [2.75, 3.05) is 19.7 Å². The second-order valence-corrected chi connectivity index (χ2v) is 7.00. The van der Waals surface area contributed by atoms with Crippen molar-refractivity contribution in [3.05, 3.63) is 42.0 Å². The van der Waals surface area contributed by atoms with Crippen LogP contribution in [0.5, 0.6) is 5.75 Å². The first-order valence-electron chi connectivity index (χ1n) is 9.27. The number of benzene rings is 2. The number of nitrogens with zero attached hydrogens (tertiary/aromatic N) is 1. The van der Waals surface area contributed by atoms with Crippen molar-refractivity contribution >= 4 is 27.8 Å². The molecule has 1 aliphatic rings. The molecule has 0 amide bonds. The van der Waals surface area contributed by atoms with Crippen LogP contribution in [0.4, 0.5) is 0 Å². The van der Waals surface area contributed by atoms with E-state index >= 15 is 0 Å². The number of hydrogen-bond acceptors (Lipinski definition) is 4. The Morgan fingerprint density at radius 3 is 2.73 bits per heavy atom. The monoisotopic (exact) mass is 352 g/mol. The number of H-pyrrole nitrogens is 1. The van der Waals surface area contributed by atoms with E-state index in [-0.39, 0.29) is 11.9 Å². The number of aromatic hydroxyl groups is 1. The maximum Gasteiger partial charge on any atom is 0.309 e. The third-order valence-electron chi connectivity index (χ3n) is 5.31. The van der Waals surface area contributed by atoms with Crippen LogP contribution in [0.3, 0.4) is 0 Å². The number of esters is 1. The van der Waals surface area contributed by atoms with Crippen molar-refractivity contribution in [3.8, 4) is 5.75 Å². The van der Waals surface area contributed by atoms with Gasteiger partial charge in [-0.1, -0.05) is 18.2 Å². The number of carbonyl (C=O) groups excluding carboxylic acids is 1. The number of phenols is 1. The molecular formula is C21H24N2O3. The van der Waals surface area contributed by atoms with E-state index < -0.39 is 0 Å². The smallest absolute Gasteiger partial charge is 0.309 e. The van der Waals surface area contributed by atoms with Crippen molar-refractivity contribution in [3.63, 3.8) is 0 Å². The zero-order chi connectivity index (χ0) is 18.1. The summed E-state index contributed by atoms with van der Waals surface area (Å²) in [6, 6.07) is 12.1. The summed E-state index contributed by atoms with van der Waals surface area (Å²) in [5, 5.41) is 12.8. The summed E-state index contributed by atoms with van der Waals surface area (Å²) < 4.78 is 5.13. The van der Waals surface area contributed by atoms with E-state index in [1.54, 1.807) is 0 Å². The number of aromatic nitrogens is 1. The van der Waals surface area contributed by atoms with Crippen molar-refractivity contribution in [1.82, 2.24) is 9.88 Å². The molecule has 0 saturated carbocycles. The molecule has 1 aliphatic heterocycles. The van der Waals surface area contributed by atoms with Gasteiger partial charge in [-0.2, -0.15) is 0 Å². The summed E-state index contributed by atoms with van der Waals surface area (Å²) in [5.41, 5.74) is 2.96. The Labute approximate surface area is 152 Å².